The highest BCUT2D eigenvalue weighted by Gasteiger charge is 2.40. The third-order valence-corrected chi connectivity index (χ3v) is 6.49. The Morgan fingerprint density at radius 3 is 3.00 bits per heavy atom. The van der Waals surface area contributed by atoms with Crippen molar-refractivity contribution < 1.29 is 9.90 Å². The maximum atomic E-state index is 11.6. The van der Waals surface area contributed by atoms with Gasteiger partial charge in [-0.1, -0.05) is 18.2 Å². The van der Waals surface area contributed by atoms with Crippen molar-refractivity contribution in [2.24, 2.45) is 5.92 Å². The number of nitrogens with one attached hydrogen (secondary N) is 1. The summed E-state index contributed by atoms with van der Waals surface area (Å²) in [6, 6.07) is 12.0. The summed E-state index contributed by atoms with van der Waals surface area (Å²) in [6.45, 7) is 2.09. The summed E-state index contributed by atoms with van der Waals surface area (Å²) in [4.78, 5) is 16.4. The largest absolute Gasteiger partial charge is 0.480 e. The Morgan fingerprint density at radius 1 is 1.27 bits per heavy atom. The number of aliphatic carboxylic acids is 1. The summed E-state index contributed by atoms with van der Waals surface area (Å²) in [5, 5.41) is 13.8. The zero-order valence-electron chi connectivity index (χ0n) is 14.3. The number of aryl methyl sites for hydroxylation is 1. The molecule has 2 aliphatic rings. The lowest BCUT2D eigenvalue weighted by atomic mass is 9.79. The van der Waals surface area contributed by atoms with Gasteiger partial charge in [-0.2, -0.15) is 0 Å². The molecule has 5 heteroatoms. The molecule has 3 atom stereocenters. The number of rotatable bonds is 2. The van der Waals surface area contributed by atoms with E-state index in [2.05, 4.69) is 48.7 Å². The third-order valence-electron chi connectivity index (χ3n) is 5.42. The molecule has 2 N–H and O–H groups in total. The van der Waals surface area contributed by atoms with E-state index < -0.39 is 12.0 Å². The first-order valence-electron chi connectivity index (χ1n) is 8.78. The SMILES string of the molecule is Cc1ccc2nc(-c3ccc4c(c3)[C@@H]3C=CC[C@@H]3[C@H](C(=O)O)N4)sc2c1. The highest BCUT2D eigenvalue weighted by atomic mass is 32.1. The van der Waals surface area contributed by atoms with Crippen LogP contribution < -0.4 is 5.32 Å². The Balaban J connectivity index is 1.60. The molecule has 0 fully saturated rings. The van der Waals surface area contributed by atoms with Crippen LogP contribution in [0.1, 0.15) is 23.5 Å². The monoisotopic (exact) mass is 362 g/mol. The van der Waals surface area contributed by atoms with Crippen molar-refractivity contribution >= 4 is 33.2 Å². The van der Waals surface area contributed by atoms with Crippen LogP contribution in [0.4, 0.5) is 5.69 Å². The van der Waals surface area contributed by atoms with Crippen LogP contribution >= 0.6 is 11.3 Å². The number of hydrogen-bond donors (Lipinski definition) is 2. The molecule has 2 aromatic carbocycles. The zero-order chi connectivity index (χ0) is 17.8. The zero-order valence-corrected chi connectivity index (χ0v) is 15.1. The second-order valence-electron chi connectivity index (χ2n) is 7.11. The number of allylic oxidation sites excluding steroid dienone is 2. The molecular weight excluding hydrogens is 344 g/mol. The number of carbonyl (C=O) groups is 1. The van der Waals surface area contributed by atoms with E-state index in [4.69, 9.17) is 4.98 Å². The lowest BCUT2D eigenvalue weighted by Gasteiger charge is -2.34. The van der Waals surface area contributed by atoms with Crippen molar-refractivity contribution in [3.8, 4) is 10.6 Å². The van der Waals surface area contributed by atoms with Crippen LogP contribution in [0.5, 0.6) is 0 Å². The molecule has 0 radical (unpaired) electrons. The smallest absolute Gasteiger partial charge is 0.326 e. The van der Waals surface area contributed by atoms with E-state index in [0.717, 1.165) is 28.2 Å². The summed E-state index contributed by atoms with van der Waals surface area (Å²) in [7, 11) is 0. The van der Waals surface area contributed by atoms with Crippen LogP contribution in [0.2, 0.25) is 0 Å². The van der Waals surface area contributed by atoms with Gasteiger partial charge < -0.3 is 10.4 Å². The number of carboxylic acid groups (broad SMARTS) is 1. The van der Waals surface area contributed by atoms with Crippen LogP contribution in [-0.2, 0) is 4.79 Å². The lowest BCUT2D eigenvalue weighted by Crippen LogP contribution is -2.41. The van der Waals surface area contributed by atoms with Gasteiger partial charge in [0.25, 0.3) is 0 Å². The Kier molecular flexibility index (Phi) is 3.40. The van der Waals surface area contributed by atoms with Crippen LogP contribution in [0.25, 0.3) is 20.8 Å². The van der Waals surface area contributed by atoms with E-state index in [-0.39, 0.29) is 11.8 Å². The van der Waals surface area contributed by atoms with Crippen molar-refractivity contribution in [3.63, 3.8) is 0 Å². The highest BCUT2D eigenvalue weighted by Crippen LogP contribution is 2.46. The standard InChI is InChI=1S/C21H18N2O2S/c1-11-5-7-17-18(9-11)26-20(23-17)12-6-8-16-15(10-12)13-3-2-4-14(13)19(22-16)21(24)25/h2-3,5-10,13-14,19,22H,4H2,1H3,(H,24,25)/t13-,14+,19-/m1/s1. The number of fused-ring (bicyclic) bond motifs is 4. The Morgan fingerprint density at radius 2 is 2.15 bits per heavy atom. The maximum absolute atomic E-state index is 11.6. The Bertz CT molecular complexity index is 1070. The Hall–Kier alpha value is -2.66. The quantitative estimate of drug-likeness (QED) is 0.642. The molecule has 1 aromatic heterocycles. The molecule has 4 nitrogen and oxygen atoms in total. The molecule has 0 unspecified atom stereocenters. The number of thiazole rings is 1. The normalized spacial score (nSPS) is 23.5. The summed E-state index contributed by atoms with van der Waals surface area (Å²) >= 11 is 1.70. The number of anilines is 1. The van der Waals surface area contributed by atoms with Gasteiger partial charge in [0.05, 0.1) is 10.2 Å². The average Bonchev–Trinajstić information content (AvgIpc) is 3.27. The predicted molar refractivity (Wildman–Crippen MR) is 105 cm³/mol. The van der Waals surface area contributed by atoms with E-state index in [0.29, 0.717) is 0 Å². The van der Waals surface area contributed by atoms with Crippen LogP contribution in [-0.4, -0.2) is 22.1 Å². The third kappa shape index (κ3) is 2.35. The number of carboxylic acids is 1. The summed E-state index contributed by atoms with van der Waals surface area (Å²) in [5.41, 5.74) is 5.45. The first-order chi connectivity index (χ1) is 12.6. The molecule has 130 valence electrons. The molecule has 5 rings (SSSR count). The van der Waals surface area contributed by atoms with E-state index in [1.54, 1.807) is 11.3 Å². The minimum Gasteiger partial charge on any atom is -0.480 e. The number of aromatic nitrogens is 1. The molecule has 0 saturated carbocycles. The van der Waals surface area contributed by atoms with Gasteiger partial charge in [-0.05, 0) is 54.8 Å². The fourth-order valence-corrected chi connectivity index (χ4v) is 5.19. The second kappa shape index (κ2) is 5.68. The van der Waals surface area contributed by atoms with Crippen molar-refractivity contribution in [3.05, 3.63) is 59.7 Å². The Labute approximate surface area is 155 Å². The maximum Gasteiger partial charge on any atom is 0.326 e. The van der Waals surface area contributed by atoms with Crippen molar-refractivity contribution in [1.29, 1.82) is 0 Å². The van der Waals surface area contributed by atoms with Gasteiger partial charge in [0.15, 0.2) is 0 Å². The van der Waals surface area contributed by atoms with E-state index >= 15 is 0 Å². The molecule has 26 heavy (non-hydrogen) atoms. The van der Waals surface area contributed by atoms with E-state index in [9.17, 15) is 9.90 Å². The van der Waals surface area contributed by atoms with Gasteiger partial charge in [0.1, 0.15) is 11.0 Å². The van der Waals surface area contributed by atoms with Crippen LogP contribution in [0, 0.1) is 12.8 Å². The molecule has 0 bridgehead atoms. The van der Waals surface area contributed by atoms with Gasteiger partial charge in [-0.3, -0.25) is 0 Å². The molecule has 0 saturated heterocycles. The summed E-state index contributed by atoms with van der Waals surface area (Å²) in [5.74, 6) is -0.544. The van der Waals surface area contributed by atoms with Gasteiger partial charge in [-0.25, -0.2) is 9.78 Å². The van der Waals surface area contributed by atoms with Gasteiger partial charge >= 0.3 is 5.97 Å². The predicted octanol–water partition coefficient (Wildman–Crippen LogP) is 4.81. The molecular formula is C21H18N2O2S. The summed E-state index contributed by atoms with van der Waals surface area (Å²) < 4.78 is 1.19. The molecule has 0 spiro atoms. The lowest BCUT2D eigenvalue weighted by molar-refractivity contribution is -0.139. The molecule has 0 amide bonds. The average molecular weight is 362 g/mol. The first-order valence-corrected chi connectivity index (χ1v) is 9.59. The minimum atomic E-state index is -0.778. The minimum absolute atomic E-state index is 0.0771. The molecule has 2 heterocycles. The van der Waals surface area contributed by atoms with Gasteiger partial charge in [-0.15, -0.1) is 11.3 Å². The number of nitrogens with zero attached hydrogens (tertiary/aromatic N) is 1. The topological polar surface area (TPSA) is 62.2 Å². The van der Waals surface area contributed by atoms with E-state index in [1.165, 1.54) is 15.8 Å². The van der Waals surface area contributed by atoms with Crippen molar-refractivity contribution in [1.82, 2.24) is 4.98 Å². The number of benzene rings is 2. The highest BCUT2D eigenvalue weighted by molar-refractivity contribution is 7.21. The second-order valence-corrected chi connectivity index (χ2v) is 8.14. The molecule has 3 aromatic rings. The summed E-state index contributed by atoms with van der Waals surface area (Å²) in [6.07, 6.45) is 5.07. The van der Waals surface area contributed by atoms with Gasteiger partial charge in [0.2, 0.25) is 0 Å². The van der Waals surface area contributed by atoms with E-state index in [1.807, 2.05) is 12.1 Å². The van der Waals surface area contributed by atoms with Crippen LogP contribution in [0.3, 0.4) is 0 Å². The van der Waals surface area contributed by atoms with Crippen molar-refractivity contribution in [2.75, 3.05) is 5.32 Å². The number of hydrogen-bond acceptors (Lipinski definition) is 4. The van der Waals surface area contributed by atoms with Crippen LogP contribution in [0.15, 0.2) is 48.6 Å². The molecule has 1 aliphatic carbocycles. The fourth-order valence-electron chi connectivity index (χ4n) is 4.13. The van der Waals surface area contributed by atoms with Crippen molar-refractivity contribution in [2.45, 2.75) is 25.3 Å². The van der Waals surface area contributed by atoms with Gasteiger partial charge in [0, 0.05) is 23.1 Å². The fraction of sp³-hybridized carbons (Fsp3) is 0.238. The first kappa shape index (κ1) is 15.6. The molecule has 1 aliphatic heterocycles.